The Morgan fingerprint density at radius 3 is 2.58 bits per heavy atom. The minimum Gasteiger partial charge on any atom is -0.489 e. The Balaban J connectivity index is 1.81. The summed E-state index contributed by atoms with van der Waals surface area (Å²) in [5.41, 5.74) is 1.46. The lowest BCUT2D eigenvalue weighted by atomic mass is 9.78. The first kappa shape index (κ1) is 16.3. The predicted molar refractivity (Wildman–Crippen MR) is 97.4 cm³/mol. The van der Waals surface area contributed by atoms with Crippen LogP contribution < -0.4 is 10.1 Å². The number of hydrogen-bond donors (Lipinski definition) is 1. The van der Waals surface area contributed by atoms with E-state index < -0.39 is 5.41 Å². The van der Waals surface area contributed by atoms with E-state index in [1.165, 1.54) is 0 Å². The van der Waals surface area contributed by atoms with Crippen LogP contribution in [-0.2, 0) is 10.2 Å². The second-order valence-electron chi connectivity index (χ2n) is 6.24. The zero-order chi connectivity index (χ0) is 16.8. The second kappa shape index (κ2) is 7.35. The van der Waals surface area contributed by atoms with Gasteiger partial charge in [-0.3, -0.25) is 4.79 Å². The van der Waals surface area contributed by atoms with Gasteiger partial charge in [-0.05, 0) is 30.5 Å². The number of anilines is 1. The van der Waals surface area contributed by atoms with Gasteiger partial charge < -0.3 is 10.1 Å². The Bertz CT molecular complexity index is 703. The minimum absolute atomic E-state index is 0.0760. The fourth-order valence-corrected chi connectivity index (χ4v) is 3.45. The molecular weight excluding hydrogens is 298 g/mol. The van der Waals surface area contributed by atoms with Gasteiger partial charge in [-0.15, -0.1) is 0 Å². The molecule has 3 heteroatoms. The van der Waals surface area contributed by atoms with E-state index in [1.807, 2.05) is 42.5 Å². The molecule has 0 unspecified atom stereocenters. The molecule has 2 aromatic carbocycles. The summed E-state index contributed by atoms with van der Waals surface area (Å²) in [6, 6.07) is 17.6. The summed E-state index contributed by atoms with van der Waals surface area (Å²) in [7, 11) is 0. The van der Waals surface area contributed by atoms with Crippen LogP contribution in [0.25, 0.3) is 0 Å². The summed E-state index contributed by atoms with van der Waals surface area (Å²) in [6.45, 7) is 4.10. The number of hydrogen-bond acceptors (Lipinski definition) is 2. The third-order valence-electron chi connectivity index (χ3n) is 4.68. The molecule has 2 aromatic rings. The second-order valence-corrected chi connectivity index (χ2v) is 6.24. The highest BCUT2D eigenvalue weighted by atomic mass is 16.5. The first-order chi connectivity index (χ1) is 11.7. The number of benzene rings is 2. The monoisotopic (exact) mass is 321 g/mol. The average molecular weight is 321 g/mol. The Hall–Kier alpha value is -2.55. The highest BCUT2D eigenvalue weighted by Gasteiger charge is 2.42. The molecule has 24 heavy (non-hydrogen) atoms. The maximum absolute atomic E-state index is 13.1. The maximum Gasteiger partial charge on any atom is 0.235 e. The lowest BCUT2D eigenvalue weighted by Gasteiger charge is -2.28. The van der Waals surface area contributed by atoms with Gasteiger partial charge in [0.15, 0.2) is 0 Å². The van der Waals surface area contributed by atoms with Gasteiger partial charge in [0.1, 0.15) is 12.4 Å². The smallest absolute Gasteiger partial charge is 0.235 e. The van der Waals surface area contributed by atoms with Gasteiger partial charge in [0, 0.05) is 11.8 Å². The first-order valence-corrected chi connectivity index (χ1v) is 8.45. The summed E-state index contributed by atoms with van der Waals surface area (Å²) < 4.78 is 5.54. The SMILES string of the molecule is C=CCOc1cccc(NC(=O)C2(c3ccccc3)CCCC2)c1. The number of ether oxygens (including phenoxy) is 1. The minimum atomic E-state index is -0.417. The van der Waals surface area contributed by atoms with E-state index >= 15 is 0 Å². The van der Waals surface area contributed by atoms with Crippen molar-refractivity contribution in [1.29, 1.82) is 0 Å². The third kappa shape index (κ3) is 3.35. The van der Waals surface area contributed by atoms with Gasteiger partial charge >= 0.3 is 0 Å². The van der Waals surface area contributed by atoms with Crippen molar-refractivity contribution in [2.75, 3.05) is 11.9 Å². The highest BCUT2D eigenvalue weighted by Crippen LogP contribution is 2.42. The molecule has 1 amide bonds. The van der Waals surface area contributed by atoms with Crippen LogP contribution in [0.15, 0.2) is 67.3 Å². The largest absolute Gasteiger partial charge is 0.489 e. The summed E-state index contributed by atoms with van der Waals surface area (Å²) in [5.74, 6) is 0.806. The van der Waals surface area contributed by atoms with E-state index in [0.29, 0.717) is 6.61 Å². The number of amides is 1. The predicted octanol–water partition coefficient (Wildman–Crippen LogP) is 4.70. The third-order valence-corrected chi connectivity index (χ3v) is 4.68. The van der Waals surface area contributed by atoms with Crippen LogP contribution in [0.4, 0.5) is 5.69 Å². The summed E-state index contributed by atoms with van der Waals surface area (Å²) >= 11 is 0. The maximum atomic E-state index is 13.1. The number of rotatable bonds is 6. The van der Waals surface area contributed by atoms with Crippen LogP contribution in [0, 0.1) is 0 Å². The fraction of sp³-hybridized carbons (Fsp3) is 0.286. The molecule has 124 valence electrons. The molecular formula is C21H23NO2. The Kier molecular flexibility index (Phi) is 4.99. The lowest BCUT2D eigenvalue weighted by molar-refractivity contribution is -0.121. The molecule has 0 aromatic heterocycles. The van der Waals surface area contributed by atoms with E-state index in [2.05, 4.69) is 24.0 Å². The normalized spacial score (nSPS) is 15.7. The summed E-state index contributed by atoms with van der Waals surface area (Å²) in [6.07, 6.45) is 5.68. The molecule has 0 aliphatic heterocycles. The number of carbonyl (C=O) groups excluding carboxylic acids is 1. The summed E-state index contributed by atoms with van der Waals surface area (Å²) in [4.78, 5) is 13.1. The molecule has 1 N–H and O–H groups in total. The van der Waals surface area contributed by atoms with Gasteiger partial charge in [0.05, 0.1) is 5.41 Å². The highest BCUT2D eigenvalue weighted by molar-refractivity contribution is 5.99. The molecule has 1 fully saturated rings. The van der Waals surface area contributed by atoms with E-state index in [-0.39, 0.29) is 5.91 Å². The van der Waals surface area contributed by atoms with Crippen LogP contribution in [0.1, 0.15) is 31.2 Å². The van der Waals surface area contributed by atoms with Crippen molar-refractivity contribution < 1.29 is 9.53 Å². The van der Waals surface area contributed by atoms with E-state index in [4.69, 9.17) is 4.74 Å². The van der Waals surface area contributed by atoms with Crippen LogP contribution in [0.3, 0.4) is 0 Å². The fourth-order valence-electron chi connectivity index (χ4n) is 3.45. The Morgan fingerprint density at radius 1 is 1.12 bits per heavy atom. The lowest BCUT2D eigenvalue weighted by Crippen LogP contribution is -2.37. The molecule has 0 radical (unpaired) electrons. The van der Waals surface area contributed by atoms with Crippen molar-refractivity contribution in [3.05, 3.63) is 72.8 Å². The van der Waals surface area contributed by atoms with Gasteiger partial charge in [-0.2, -0.15) is 0 Å². The van der Waals surface area contributed by atoms with Crippen molar-refractivity contribution in [3.63, 3.8) is 0 Å². The molecule has 0 spiro atoms. The molecule has 3 rings (SSSR count). The van der Waals surface area contributed by atoms with Crippen molar-refractivity contribution in [2.24, 2.45) is 0 Å². The molecule has 1 saturated carbocycles. The molecule has 1 aliphatic rings. The Morgan fingerprint density at radius 2 is 1.88 bits per heavy atom. The first-order valence-electron chi connectivity index (χ1n) is 8.45. The number of nitrogens with one attached hydrogen (secondary N) is 1. The topological polar surface area (TPSA) is 38.3 Å². The summed E-state index contributed by atoms with van der Waals surface area (Å²) in [5, 5.41) is 3.10. The number of carbonyl (C=O) groups is 1. The van der Waals surface area contributed by atoms with Crippen molar-refractivity contribution in [3.8, 4) is 5.75 Å². The quantitative estimate of drug-likeness (QED) is 0.783. The van der Waals surface area contributed by atoms with Crippen molar-refractivity contribution >= 4 is 11.6 Å². The standard InChI is InChI=1S/C21H23NO2/c1-2-15-24-19-12-8-11-18(16-19)22-20(23)21(13-6-7-14-21)17-9-4-3-5-10-17/h2-5,8-12,16H,1,6-7,13-15H2,(H,22,23). The van der Waals surface area contributed by atoms with Gasteiger partial charge in [-0.1, -0.05) is 61.9 Å². The van der Waals surface area contributed by atoms with Crippen LogP contribution in [0.2, 0.25) is 0 Å². The Labute approximate surface area is 143 Å². The molecule has 1 aliphatic carbocycles. The van der Waals surface area contributed by atoms with Crippen LogP contribution >= 0.6 is 0 Å². The van der Waals surface area contributed by atoms with Crippen molar-refractivity contribution in [2.45, 2.75) is 31.1 Å². The average Bonchev–Trinajstić information content (AvgIpc) is 3.12. The van der Waals surface area contributed by atoms with E-state index in [1.54, 1.807) is 6.08 Å². The molecule has 0 heterocycles. The van der Waals surface area contributed by atoms with E-state index in [0.717, 1.165) is 42.7 Å². The molecule has 0 atom stereocenters. The van der Waals surface area contributed by atoms with Crippen LogP contribution in [0.5, 0.6) is 5.75 Å². The molecule has 0 bridgehead atoms. The van der Waals surface area contributed by atoms with Crippen molar-refractivity contribution in [1.82, 2.24) is 0 Å². The van der Waals surface area contributed by atoms with Gasteiger partial charge in [-0.25, -0.2) is 0 Å². The van der Waals surface area contributed by atoms with E-state index in [9.17, 15) is 4.79 Å². The molecule has 3 nitrogen and oxygen atoms in total. The molecule has 0 saturated heterocycles. The zero-order valence-corrected chi connectivity index (χ0v) is 13.8. The van der Waals surface area contributed by atoms with Crippen LogP contribution in [-0.4, -0.2) is 12.5 Å². The van der Waals surface area contributed by atoms with Gasteiger partial charge in [0.25, 0.3) is 0 Å². The van der Waals surface area contributed by atoms with Gasteiger partial charge in [0.2, 0.25) is 5.91 Å². The zero-order valence-electron chi connectivity index (χ0n) is 13.8.